The number of anilines is 1. The van der Waals surface area contributed by atoms with Crippen LogP contribution in [0.3, 0.4) is 0 Å². The number of aryl methyl sites for hydroxylation is 1. The van der Waals surface area contributed by atoms with E-state index in [4.69, 9.17) is 16.7 Å². The lowest BCUT2D eigenvalue weighted by atomic mass is 9.95. The van der Waals surface area contributed by atoms with Gasteiger partial charge in [-0.15, -0.1) is 0 Å². The second-order valence-electron chi connectivity index (χ2n) is 8.13. The van der Waals surface area contributed by atoms with Gasteiger partial charge in [0.15, 0.2) is 5.82 Å². The van der Waals surface area contributed by atoms with Gasteiger partial charge < -0.3 is 14.9 Å². The zero-order valence-electron chi connectivity index (χ0n) is 18.4. The topological polar surface area (TPSA) is 98.2 Å². The maximum absolute atomic E-state index is 16.0. The van der Waals surface area contributed by atoms with Gasteiger partial charge in [0.1, 0.15) is 17.7 Å². The first kappa shape index (κ1) is 22.2. The summed E-state index contributed by atoms with van der Waals surface area (Å²) in [6.07, 6.45) is 5.81. The summed E-state index contributed by atoms with van der Waals surface area (Å²) < 4.78 is 16.0. The first-order chi connectivity index (χ1) is 16.5. The minimum atomic E-state index is -0.508. The fourth-order valence-corrected chi connectivity index (χ4v) is 4.74. The SMILES string of the molecule is Cc1ccc2[nH]ncc2c1-c1c(Cl)cc2c(N3CCN(C(=O)/C=C/CO)CC3)ncnc2c1F. The molecule has 2 aromatic heterocycles. The predicted molar refractivity (Wildman–Crippen MR) is 129 cm³/mol. The minimum absolute atomic E-state index is 0.149. The van der Waals surface area contributed by atoms with Gasteiger partial charge in [-0.3, -0.25) is 9.89 Å². The van der Waals surface area contributed by atoms with Crippen LogP contribution in [0.25, 0.3) is 32.9 Å². The highest BCUT2D eigenvalue weighted by molar-refractivity contribution is 6.35. The number of piperazine rings is 1. The van der Waals surface area contributed by atoms with Crippen LogP contribution in [0.1, 0.15) is 5.56 Å². The molecular formula is C24H22ClFN6O2. The van der Waals surface area contributed by atoms with Crippen LogP contribution in [-0.2, 0) is 4.79 Å². The van der Waals surface area contributed by atoms with Gasteiger partial charge in [0.2, 0.25) is 5.91 Å². The standard InChI is InChI=1S/C24H22ClFN6O2/c1-14-4-5-18-16(12-29-30-18)20(14)21-17(25)11-15-23(22(21)26)27-13-28-24(15)32-8-6-31(7-9-32)19(34)3-2-10-33/h2-5,11-13,33H,6-10H2,1H3,(H,29,30)/b3-2+. The van der Waals surface area contributed by atoms with E-state index in [9.17, 15) is 4.79 Å². The summed E-state index contributed by atoms with van der Waals surface area (Å²) in [4.78, 5) is 24.6. The fourth-order valence-electron chi connectivity index (χ4n) is 4.45. The van der Waals surface area contributed by atoms with Gasteiger partial charge in [0.05, 0.1) is 23.3 Å². The van der Waals surface area contributed by atoms with Crippen molar-refractivity contribution in [2.24, 2.45) is 0 Å². The zero-order valence-corrected chi connectivity index (χ0v) is 19.2. The molecule has 4 aromatic rings. The van der Waals surface area contributed by atoms with Crippen molar-refractivity contribution in [1.82, 2.24) is 25.1 Å². The number of aromatic nitrogens is 4. The van der Waals surface area contributed by atoms with Crippen LogP contribution in [0.4, 0.5) is 10.2 Å². The minimum Gasteiger partial charge on any atom is -0.392 e. The quantitative estimate of drug-likeness (QED) is 0.434. The Bertz CT molecular complexity index is 1430. The van der Waals surface area contributed by atoms with Crippen LogP contribution in [0.2, 0.25) is 5.02 Å². The third kappa shape index (κ3) is 3.76. The molecule has 1 saturated heterocycles. The maximum atomic E-state index is 16.0. The van der Waals surface area contributed by atoms with Gasteiger partial charge in [-0.25, -0.2) is 14.4 Å². The molecule has 0 saturated carbocycles. The number of H-pyrrole nitrogens is 1. The molecule has 0 atom stereocenters. The van der Waals surface area contributed by atoms with Crippen LogP contribution in [0.15, 0.2) is 42.9 Å². The molecule has 34 heavy (non-hydrogen) atoms. The number of nitrogens with zero attached hydrogens (tertiary/aromatic N) is 5. The highest BCUT2D eigenvalue weighted by atomic mass is 35.5. The molecule has 174 valence electrons. The lowest BCUT2D eigenvalue weighted by Gasteiger charge is -2.35. The van der Waals surface area contributed by atoms with E-state index in [1.165, 1.54) is 18.5 Å². The van der Waals surface area contributed by atoms with Crippen LogP contribution >= 0.6 is 11.6 Å². The Balaban J connectivity index is 1.54. The molecule has 0 bridgehead atoms. The molecule has 1 amide bonds. The van der Waals surface area contributed by atoms with Crippen molar-refractivity contribution in [3.05, 3.63) is 59.3 Å². The number of hydrogen-bond donors (Lipinski definition) is 2. The molecule has 1 aliphatic rings. The normalized spacial score (nSPS) is 14.6. The maximum Gasteiger partial charge on any atom is 0.246 e. The first-order valence-corrected chi connectivity index (χ1v) is 11.2. The average molecular weight is 481 g/mol. The van der Waals surface area contributed by atoms with E-state index in [-0.39, 0.29) is 28.6 Å². The molecule has 3 heterocycles. The van der Waals surface area contributed by atoms with Crippen molar-refractivity contribution in [3.8, 4) is 11.1 Å². The third-order valence-electron chi connectivity index (χ3n) is 6.14. The van der Waals surface area contributed by atoms with E-state index in [0.717, 1.165) is 16.5 Å². The number of amides is 1. The molecule has 1 aliphatic heterocycles. The average Bonchev–Trinajstić information content (AvgIpc) is 3.32. The van der Waals surface area contributed by atoms with Gasteiger partial charge in [-0.05, 0) is 24.6 Å². The molecule has 0 aliphatic carbocycles. The molecule has 1 fully saturated rings. The van der Waals surface area contributed by atoms with Gasteiger partial charge >= 0.3 is 0 Å². The van der Waals surface area contributed by atoms with Gasteiger partial charge in [0, 0.05) is 54.2 Å². The Labute approximate surface area is 199 Å². The zero-order chi connectivity index (χ0) is 23.8. The van der Waals surface area contributed by atoms with E-state index >= 15 is 4.39 Å². The van der Waals surface area contributed by atoms with Gasteiger partial charge in [-0.1, -0.05) is 23.7 Å². The molecular weight excluding hydrogens is 459 g/mol. The number of aliphatic hydroxyl groups excluding tert-OH is 1. The van der Waals surface area contributed by atoms with Crippen molar-refractivity contribution >= 4 is 45.1 Å². The Kier molecular flexibility index (Phi) is 5.89. The Morgan fingerprint density at radius 1 is 1.21 bits per heavy atom. The Morgan fingerprint density at radius 3 is 2.76 bits per heavy atom. The van der Waals surface area contributed by atoms with E-state index < -0.39 is 5.82 Å². The highest BCUT2D eigenvalue weighted by Gasteiger charge is 2.25. The number of hydrogen-bond acceptors (Lipinski definition) is 6. The monoisotopic (exact) mass is 480 g/mol. The summed E-state index contributed by atoms with van der Waals surface area (Å²) in [6.45, 7) is 3.75. The molecule has 0 unspecified atom stereocenters. The molecule has 0 spiro atoms. The second-order valence-corrected chi connectivity index (χ2v) is 8.53. The second kappa shape index (κ2) is 9.00. The van der Waals surface area contributed by atoms with Crippen LogP contribution in [0, 0.1) is 12.7 Å². The van der Waals surface area contributed by atoms with Crippen molar-refractivity contribution in [1.29, 1.82) is 0 Å². The third-order valence-corrected chi connectivity index (χ3v) is 6.44. The summed E-state index contributed by atoms with van der Waals surface area (Å²) in [5.74, 6) is -0.0803. The number of halogens is 2. The van der Waals surface area contributed by atoms with E-state index in [1.54, 1.807) is 17.2 Å². The van der Waals surface area contributed by atoms with Gasteiger partial charge in [-0.2, -0.15) is 5.10 Å². The largest absolute Gasteiger partial charge is 0.392 e. The number of fused-ring (bicyclic) bond motifs is 2. The summed E-state index contributed by atoms with van der Waals surface area (Å²) in [5, 5.41) is 17.4. The molecule has 8 nitrogen and oxygen atoms in total. The summed E-state index contributed by atoms with van der Waals surface area (Å²) in [7, 11) is 0. The summed E-state index contributed by atoms with van der Waals surface area (Å²) in [5.41, 5.74) is 2.82. The van der Waals surface area contributed by atoms with Crippen molar-refractivity contribution in [2.75, 3.05) is 37.7 Å². The number of rotatable bonds is 4. The van der Waals surface area contributed by atoms with Crippen molar-refractivity contribution in [3.63, 3.8) is 0 Å². The number of nitrogens with one attached hydrogen (secondary N) is 1. The smallest absolute Gasteiger partial charge is 0.246 e. The van der Waals surface area contributed by atoms with E-state index in [2.05, 4.69) is 20.2 Å². The van der Waals surface area contributed by atoms with Crippen molar-refractivity contribution < 1.29 is 14.3 Å². The van der Waals surface area contributed by atoms with E-state index in [0.29, 0.717) is 42.9 Å². The lowest BCUT2D eigenvalue weighted by molar-refractivity contribution is -0.126. The van der Waals surface area contributed by atoms with Crippen LogP contribution in [0.5, 0.6) is 0 Å². The number of carbonyl (C=O) groups excluding carboxylic acids is 1. The van der Waals surface area contributed by atoms with Crippen molar-refractivity contribution in [2.45, 2.75) is 6.92 Å². The summed E-state index contributed by atoms with van der Waals surface area (Å²) in [6, 6.07) is 5.51. The molecule has 2 N–H and O–H groups in total. The number of aliphatic hydroxyl groups is 1. The fraction of sp³-hybridized carbons (Fsp3) is 0.250. The Hall–Kier alpha value is -3.56. The number of carbonyl (C=O) groups is 1. The predicted octanol–water partition coefficient (Wildman–Crippen LogP) is 3.47. The van der Waals surface area contributed by atoms with Gasteiger partial charge in [0.25, 0.3) is 0 Å². The summed E-state index contributed by atoms with van der Waals surface area (Å²) >= 11 is 6.68. The lowest BCUT2D eigenvalue weighted by Crippen LogP contribution is -2.48. The number of benzene rings is 2. The molecule has 0 radical (unpaired) electrons. The highest BCUT2D eigenvalue weighted by Crippen LogP contribution is 2.41. The molecule has 10 heteroatoms. The van der Waals surface area contributed by atoms with Crippen LogP contribution in [-0.4, -0.2) is 68.9 Å². The van der Waals surface area contributed by atoms with E-state index in [1.807, 2.05) is 24.0 Å². The first-order valence-electron chi connectivity index (χ1n) is 10.9. The Morgan fingerprint density at radius 2 is 2.00 bits per heavy atom. The van der Waals surface area contributed by atoms with Crippen LogP contribution < -0.4 is 4.90 Å². The number of aromatic amines is 1. The molecule has 5 rings (SSSR count). The molecule has 2 aromatic carbocycles.